The molecule has 1 aromatic carbocycles. The number of β-lactam (4-membered cyclic amide) rings is 1. The minimum atomic E-state index is 0.148. The molecular weight excluding hydrogens is 214 g/mol. The Bertz CT molecular complexity index is 364. The molecule has 1 fully saturated rings. The van der Waals surface area contributed by atoms with Crippen LogP contribution < -0.4 is 0 Å². The van der Waals surface area contributed by atoms with E-state index in [0.29, 0.717) is 6.61 Å². The van der Waals surface area contributed by atoms with Crippen molar-refractivity contribution in [3.05, 3.63) is 35.9 Å². The minimum Gasteiger partial charge on any atom is -0.272 e. The number of nitrogens with zero attached hydrogens (tertiary/aromatic N) is 1. The Morgan fingerprint density at radius 2 is 2.12 bits per heavy atom. The van der Waals surface area contributed by atoms with Gasteiger partial charge in [-0.15, -0.1) is 0 Å². The maximum Gasteiger partial charge on any atom is 0.251 e. The summed E-state index contributed by atoms with van der Waals surface area (Å²) in [6, 6.07) is 9.91. The lowest BCUT2D eigenvalue weighted by Crippen LogP contribution is -2.51. The summed E-state index contributed by atoms with van der Waals surface area (Å²) in [4.78, 5) is 17.2. The van der Waals surface area contributed by atoms with Gasteiger partial charge in [-0.25, -0.2) is 5.06 Å². The largest absolute Gasteiger partial charge is 0.272 e. The first-order chi connectivity index (χ1) is 8.31. The Labute approximate surface area is 102 Å². The average Bonchev–Trinajstić information content (AvgIpc) is 2.38. The first kappa shape index (κ1) is 12.1. The van der Waals surface area contributed by atoms with Gasteiger partial charge in [0, 0.05) is 0 Å². The smallest absolute Gasteiger partial charge is 0.251 e. The van der Waals surface area contributed by atoms with Gasteiger partial charge in [-0.1, -0.05) is 50.1 Å². The number of hydrogen-bond acceptors (Lipinski definition) is 2. The highest BCUT2D eigenvalue weighted by Gasteiger charge is 2.36. The fourth-order valence-electron chi connectivity index (χ4n) is 1.97. The predicted molar refractivity (Wildman–Crippen MR) is 66.0 cm³/mol. The lowest BCUT2D eigenvalue weighted by Gasteiger charge is -2.37. The van der Waals surface area contributed by atoms with Crippen LogP contribution >= 0.6 is 0 Å². The summed E-state index contributed by atoms with van der Waals surface area (Å²) >= 11 is 0. The molecule has 0 radical (unpaired) electrons. The number of benzene rings is 1. The number of carbonyl (C=O) groups excluding carboxylic acids is 1. The van der Waals surface area contributed by atoms with E-state index in [9.17, 15) is 4.79 Å². The van der Waals surface area contributed by atoms with E-state index in [1.54, 1.807) is 0 Å². The molecule has 2 rings (SSSR count). The van der Waals surface area contributed by atoms with Crippen molar-refractivity contribution in [2.75, 3.05) is 6.54 Å². The monoisotopic (exact) mass is 233 g/mol. The Balaban J connectivity index is 1.71. The second kappa shape index (κ2) is 5.82. The van der Waals surface area contributed by atoms with Gasteiger partial charge in [0.1, 0.15) is 6.61 Å². The number of hydroxylamine groups is 2. The summed E-state index contributed by atoms with van der Waals surface area (Å²) in [6.45, 7) is 3.38. The van der Waals surface area contributed by atoms with E-state index in [1.807, 2.05) is 30.3 Å². The van der Waals surface area contributed by atoms with Gasteiger partial charge in [-0.05, 0) is 12.0 Å². The molecule has 1 amide bonds. The molecule has 0 spiro atoms. The maximum absolute atomic E-state index is 11.7. The van der Waals surface area contributed by atoms with Gasteiger partial charge in [-0.3, -0.25) is 9.63 Å². The van der Waals surface area contributed by atoms with Crippen LogP contribution in [-0.4, -0.2) is 17.5 Å². The lowest BCUT2D eigenvalue weighted by molar-refractivity contribution is -0.226. The summed E-state index contributed by atoms with van der Waals surface area (Å²) in [6.07, 6.45) is 3.28. The Hall–Kier alpha value is -1.35. The molecule has 0 aromatic heterocycles. The molecule has 3 heteroatoms. The van der Waals surface area contributed by atoms with E-state index in [1.165, 1.54) is 5.06 Å². The molecule has 3 nitrogen and oxygen atoms in total. The van der Waals surface area contributed by atoms with Crippen LogP contribution in [0.2, 0.25) is 0 Å². The second-order valence-electron chi connectivity index (χ2n) is 4.50. The first-order valence-corrected chi connectivity index (χ1v) is 6.29. The van der Waals surface area contributed by atoms with E-state index in [2.05, 4.69) is 6.92 Å². The zero-order valence-corrected chi connectivity index (χ0v) is 10.3. The molecule has 1 unspecified atom stereocenters. The third kappa shape index (κ3) is 3.07. The highest BCUT2D eigenvalue weighted by Crippen LogP contribution is 2.23. The van der Waals surface area contributed by atoms with E-state index in [0.717, 1.165) is 31.4 Å². The SMILES string of the molecule is CCCCC1CN(OCc2ccccc2)C1=O. The molecule has 17 heavy (non-hydrogen) atoms. The molecule has 1 aromatic rings. The van der Waals surface area contributed by atoms with Gasteiger partial charge in [0.2, 0.25) is 0 Å². The van der Waals surface area contributed by atoms with Crippen LogP contribution in [0.25, 0.3) is 0 Å². The van der Waals surface area contributed by atoms with E-state index < -0.39 is 0 Å². The van der Waals surface area contributed by atoms with Crippen molar-refractivity contribution in [3.8, 4) is 0 Å². The van der Waals surface area contributed by atoms with Crippen LogP contribution in [0, 0.1) is 5.92 Å². The van der Waals surface area contributed by atoms with Crippen molar-refractivity contribution >= 4 is 5.91 Å². The van der Waals surface area contributed by atoms with Gasteiger partial charge >= 0.3 is 0 Å². The van der Waals surface area contributed by atoms with Crippen molar-refractivity contribution in [3.63, 3.8) is 0 Å². The lowest BCUT2D eigenvalue weighted by atomic mass is 9.95. The van der Waals surface area contributed by atoms with Crippen LogP contribution in [0.3, 0.4) is 0 Å². The fraction of sp³-hybridized carbons (Fsp3) is 0.500. The van der Waals surface area contributed by atoms with E-state index >= 15 is 0 Å². The summed E-state index contributed by atoms with van der Waals surface area (Å²) in [7, 11) is 0. The normalized spacial score (nSPS) is 19.2. The van der Waals surface area contributed by atoms with Crippen LogP contribution in [0.4, 0.5) is 0 Å². The predicted octanol–water partition coefficient (Wildman–Crippen LogP) is 2.77. The number of rotatable bonds is 6. The van der Waals surface area contributed by atoms with Crippen LogP contribution in [0.5, 0.6) is 0 Å². The molecule has 1 atom stereocenters. The molecule has 92 valence electrons. The molecule has 0 N–H and O–H groups in total. The highest BCUT2D eigenvalue weighted by atomic mass is 16.7. The van der Waals surface area contributed by atoms with Crippen molar-refractivity contribution < 1.29 is 9.63 Å². The number of unbranched alkanes of at least 4 members (excludes halogenated alkanes) is 1. The second-order valence-corrected chi connectivity index (χ2v) is 4.50. The van der Waals surface area contributed by atoms with Gasteiger partial charge in [0.15, 0.2) is 0 Å². The number of carbonyl (C=O) groups is 1. The molecule has 1 aliphatic rings. The highest BCUT2D eigenvalue weighted by molar-refractivity contribution is 5.83. The molecule has 0 saturated carbocycles. The van der Waals surface area contributed by atoms with Crippen molar-refractivity contribution in [1.29, 1.82) is 0 Å². The van der Waals surface area contributed by atoms with Crippen LogP contribution in [0.1, 0.15) is 31.7 Å². The van der Waals surface area contributed by atoms with Gasteiger partial charge < -0.3 is 0 Å². The third-order valence-corrected chi connectivity index (χ3v) is 3.12. The average molecular weight is 233 g/mol. The molecule has 0 bridgehead atoms. The van der Waals surface area contributed by atoms with Crippen LogP contribution in [-0.2, 0) is 16.2 Å². The fourth-order valence-corrected chi connectivity index (χ4v) is 1.97. The number of amides is 1. The Morgan fingerprint density at radius 1 is 1.35 bits per heavy atom. The van der Waals surface area contributed by atoms with Crippen LogP contribution in [0.15, 0.2) is 30.3 Å². The summed E-state index contributed by atoms with van der Waals surface area (Å²) in [5.74, 6) is 0.347. The number of hydrogen-bond donors (Lipinski definition) is 0. The Morgan fingerprint density at radius 3 is 2.76 bits per heavy atom. The topological polar surface area (TPSA) is 29.5 Å². The maximum atomic E-state index is 11.7. The standard InChI is InChI=1S/C14H19NO2/c1-2-3-9-13-10-15(14(13)16)17-11-12-7-5-4-6-8-12/h4-8,13H,2-3,9-11H2,1H3. The van der Waals surface area contributed by atoms with Gasteiger partial charge in [0.05, 0.1) is 12.5 Å². The Kier molecular flexibility index (Phi) is 4.15. The zero-order valence-electron chi connectivity index (χ0n) is 10.3. The van der Waals surface area contributed by atoms with E-state index in [4.69, 9.17) is 4.84 Å². The van der Waals surface area contributed by atoms with E-state index in [-0.39, 0.29) is 11.8 Å². The molecular formula is C14H19NO2. The summed E-state index contributed by atoms with van der Waals surface area (Å²) < 4.78 is 0. The van der Waals surface area contributed by atoms with Gasteiger partial charge in [0.25, 0.3) is 5.91 Å². The molecule has 0 aliphatic carbocycles. The molecule has 1 saturated heterocycles. The minimum absolute atomic E-state index is 0.148. The third-order valence-electron chi connectivity index (χ3n) is 3.12. The van der Waals surface area contributed by atoms with Crippen molar-refractivity contribution in [2.24, 2.45) is 5.92 Å². The quantitative estimate of drug-likeness (QED) is 0.707. The van der Waals surface area contributed by atoms with Crippen molar-refractivity contribution in [1.82, 2.24) is 5.06 Å². The molecule has 1 aliphatic heterocycles. The summed E-state index contributed by atoms with van der Waals surface area (Å²) in [5.41, 5.74) is 1.09. The van der Waals surface area contributed by atoms with Gasteiger partial charge in [-0.2, -0.15) is 0 Å². The summed E-state index contributed by atoms with van der Waals surface area (Å²) in [5, 5.41) is 1.49. The zero-order chi connectivity index (χ0) is 12.1. The van der Waals surface area contributed by atoms with Crippen molar-refractivity contribution in [2.45, 2.75) is 32.8 Å². The first-order valence-electron chi connectivity index (χ1n) is 6.29. The molecule has 1 heterocycles.